The highest BCUT2D eigenvalue weighted by molar-refractivity contribution is 6.20. The maximum atomic E-state index is 12.4. The summed E-state index contributed by atoms with van der Waals surface area (Å²) in [6.07, 6.45) is 0. The third-order valence-electron chi connectivity index (χ3n) is 4.65. The zero-order chi connectivity index (χ0) is 18.3. The Kier molecular flexibility index (Phi) is 3.88. The largest absolute Gasteiger partial charge is 0.493 e. The zero-order valence-corrected chi connectivity index (χ0v) is 14.9. The number of rotatable bonds is 3. The van der Waals surface area contributed by atoms with Crippen LogP contribution >= 0.6 is 0 Å². The van der Waals surface area contributed by atoms with Gasteiger partial charge in [0.1, 0.15) is 6.54 Å². The number of methoxy groups -OCH3 is 2. The van der Waals surface area contributed by atoms with E-state index in [4.69, 9.17) is 9.47 Å². The van der Waals surface area contributed by atoms with E-state index in [0.717, 1.165) is 33.6 Å². The van der Waals surface area contributed by atoms with Crippen LogP contribution < -0.4 is 14.4 Å². The molecule has 6 heteroatoms. The van der Waals surface area contributed by atoms with Gasteiger partial charge >= 0.3 is 0 Å². The smallest absolute Gasteiger partial charge is 0.248 e. The van der Waals surface area contributed by atoms with Crippen LogP contribution in [0.4, 0.5) is 5.69 Å². The van der Waals surface area contributed by atoms with E-state index in [1.165, 1.54) is 0 Å². The number of nitrogens with zero attached hydrogens (tertiary/aromatic N) is 2. The molecule has 2 aromatic carbocycles. The monoisotopic (exact) mass is 349 g/mol. The van der Waals surface area contributed by atoms with Crippen molar-refractivity contribution in [1.82, 2.24) is 4.98 Å². The van der Waals surface area contributed by atoms with Gasteiger partial charge in [-0.05, 0) is 18.2 Å². The summed E-state index contributed by atoms with van der Waals surface area (Å²) in [5.41, 5.74) is 4.18. The fraction of sp³-hybridized carbons (Fsp3) is 0.200. The Bertz CT molecular complexity index is 1000. The lowest BCUT2D eigenvalue weighted by Crippen LogP contribution is -2.27. The lowest BCUT2D eigenvalue weighted by molar-refractivity contribution is -0.116. The Morgan fingerprint density at radius 1 is 1.08 bits per heavy atom. The molecule has 0 bridgehead atoms. The highest BCUT2D eigenvalue weighted by Crippen LogP contribution is 2.37. The number of carbonyl (C=O) groups excluding carboxylic acids is 1. The van der Waals surface area contributed by atoms with Gasteiger partial charge in [-0.3, -0.25) is 9.79 Å². The van der Waals surface area contributed by atoms with Crippen molar-refractivity contribution in [2.24, 2.45) is 4.99 Å². The fourth-order valence-electron chi connectivity index (χ4n) is 3.24. The van der Waals surface area contributed by atoms with Crippen molar-refractivity contribution in [2.45, 2.75) is 0 Å². The first-order chi connectivity index (χ1) is 12.6. The number of aromatic nitrogens is 1. The third-order valence-corrected chi connectivity index (χ3v) is 4.65. The van der Waals surface area contributed by atoms with Crippen molar-refractivity contribution in [3.05, 3.63) is 53.7 Å². The van der Waals surface area contributed by atoms with Crippen LogP contribution in [0.15, 0.2) is 47.5 Å². The Balaban J connectivity index is 1.95. The van der Waals surface area contributed by atoms with Crippen LogP contribution in [-0.2, 0) is 4.79 Å². The molecule has 2 heterocycles. The second-order valence-electron chi connectivity index (χ2n) is 6.11. The number of aromatic amines is 1. The molecule has 0 aliphatic carbocycles. The Labute approximate surface area is 151 Å². The predicted molar refractivity (Wildman–Crippen MR) is 102 cm³/mol. The summed E-state index contributed by atoms with van der Waals surface area (Å²) >= 11 is 0. The lowest BCUT2D eigenvalue weighted by Gasteiger charge is -2.20. The molecule has 0 spiro atoms. The number of benzene rings is 2. The van der Waals surface area contributed by atoms with Crippen LogP contribution in [0, 0.1) is 0 Å². The lowest BCUT2D eigenvalue weighted by atomic mass is 10.0. The minimum Gasteiger partial charge on any atom is -0.493 e. The Hall–Kier alpha value is -3.28. The van der Waals surface area contributed by atoms with Crippen molar-refractivity contribution in [3.63, 3.8) is 0 Å². The Morgan fingerprint density at radius 2 is 1.81 bits per heavy atom. The van der Waals surface area contributed by atoms with Crippen LogP contribution in [0.3, 0.4) is 0 Å². The van der Waals surface area contributed by atoms with Crippen molar-refractivity contribution in [3.8, 4) is 11.5 Å². The number of hydrogen-bond acceptors (Lipinski definition) is 4. The maximum Gasteiger partial charge on any atom is 0.248 e. The second kappa shape index (κ2) is 6.22. The highest BCUT2D eigenvalue weighted by Gasteiger charge is 2.26. The van der Waals surface area contributed by atoms with Crippen molar-refractivity contribution in [2.75, 3.05) is 32.7 Å². The van der Waals surface area contributed by atoms with Crippen LogP contribution in [0.25, 0.3) is 10.9 Å². The molecule has 1 amide bonds. The number of benzodiazepines with no additional fused rings is 1. The summed E-state index contributed by atoms with van der Waals surface area (Å²) in [6, 6.07) is 13.8. The molecule has 3 aromatic rings. The normalized spacial score (nSPS) is 14.0. The van der Waals surface area contributed by atoms with Gasteiger partial charge < -0.3 is 19.4 Å². The number of ether oxygens (including phenoxy) is 2. The molecule has 1 aromatic heterocycles. The average molecular weight is 349 g/mol. The van der Waals surface area contributed by atoms with Crippen molar-refractivity contribution in [1.29, 1.82) is 0 Å². The summed E-state index contributed by atoms with van der Waals surface area (Å²) in [6.45, 7) is 0.0838. The molecule has 132 valence electrons. The van der Waals surface area contributed by atoms with Gasteiger partial charge in [0.25, 0.3) is 0 Å². The van der Waals surface area contributed by atoms with Gasteiger partial charge in [-0.15, -0.1) is 0 Å². The van der Waals surface area contributed by atoms with E-state index in [0.29, 0.717) is 11.5 Å². The topological polar surface area (TPSA) is 66.9 Å². The molecule has 26 heavy (non-hydrogen) atoms. The van der Waals surface area contributed by atoms with E-state index < -0.39 is 0 Å². The number of H-pyrrole nitrogens is 1. The van der Waals surface area contributed by atoms with Crippen LogP contribution in [0.1, 0.15) is 11.3 Å². The quantitative estimate of drug-likeness (QED) is 0.790. The molecule has 0 radical (unpaired) electrons. The Morgan fingerprint density at radius 3 is 2.54 bits per heavy atom. The maximum absolute atomic E-state index is 12.4. The van der Waals surface area contributed by atoms with E-state index in [2.05, 4.69) is 9.98 Å². The average Bonchev–Trinajstić information content (AvgIpc) is 3.05. The van der Waals surface area contributed by atoms with Crippen LogP contribution in [0.2, 0.25) is 0 Å². The predicted octanol–water partition coefficient (Wildman–Crippen LogP) is 3.00. The number of anilines is 1. The molecule has 6 nitrogen and oxygen atoms in total. The number of carbonyl (C=O) groups is 1. The molecule has 1 N–H and O–H groups in total. The van der Waals surface area contributed by atoms with Gasteiger partial charge in [0, 0.05) is 29.6 Å². The fourth-order valence-corrected chi connectivity index (χ4v) is 3.24. The second-order valence-corrected chi connectivity index (χ2v) is 6.11. The van der Waals surface area contributed by atoms with Crippen LogP contribution in [0.5, 0.6) is 11.5 Å². The summed E-state index contributed by atoms with van der Waals surface area (Å²) in [5.74, 6) is 1.09. The standard InChI is InChI=1S/C20H19N3O3/c1-23-16-10-18(26-3)17(25-2)9-13(16)20(21-11-19(23)24)15-8-12-6-4-5-7-14(12)22-15/h4-10,22H,11H2,1-3H3. The van der Waals surface area contributed by atoms with Crippen molar-refractivity contribution < 1.29 is 14.3 Å². The number of nitrogens with one attached hydrogen (secondary N) is 1. The number of amides is 1. The SMILES string of the molecule is COc1cc2c(cc1OC)N(C)C(=O)CN=C2c1cc2ccccc2[nH]1. The number of hydrogen-bond donors (Lipinski definition) is 1. The van der Waals surface area contributed by atoms with Gasteiger partial charge in [-0.1, -0.05) is 18.2 Å². The number of fused-ring (bicyclic) bond motifs is 2. The highest BCUT2D eigenvalue weighted by atomic mass is 16.5. The molecular formula is C20H19N3O3. The molecule has 4 rings (SSSR count). The summed E-state index contributed by atoms with van der Waals surface area (Å²) in [5, 5.41) is 1.09. The number of aliphatic imine (C=N–C) groups is 1. The minimum atomic E-state index is -0.0791. The van der Waals surface area contributed by atoms with Gasteiger partial charge in [0.05, 0.1) is 31.3 Å². The molecular weight excluding hydrogens is 330 g/mol. The molecule has 0 unspecified atom stereocenters. The molecule has 1 aliphatic heterocycles. The minimum absolute atomic E-state index is 0.0791. The van der Waals surface area contributed by atoms with Crippen LogP contribution in [-0.4, -0.2) is 44.4 Å². The molecule has 0 atom stereocenters. The van der Waals surface area contributed by atoms with E-state index in [1.54, 1.807) is 26.2 Å². The van der Waals surface area contributed by atoms with Gasteiger partial charge in [0.15, 0.2) is 11.5 Å². The third kappa shape index (κ3) is 2.50. The first-order valence-electron chi connectivity index (χ1n) is 8.28. The van der Waals surface area contributed by atoms with E-state index >= 15 is 0 Å². The first-order valence-corrected chi connectivity index (χ1v) is 8.28. The molecule has 1 aliphatic rings. The van der Waals surface area contributed by atoms with E-state index in [9.17, 15) is 4.79 Å². The molecule has 0 saturated carbocycles. The van der Waals surface area contributed by atoms with Gasteiger partial charge in [-0.25, -0.2) is 0 Å². The first kappa shape index (κ1) is 16.2. The number of likely N-dealkylation sites (N-methyl/N-ethyl adjacent to an activating group) is 1. The summed E-state index contributed by atoms with van der Waals surface area (Å²) in [4.78, 5) is 22.0. The van der Waals surface area contributed by atoms with Crippen molar-refractivity contribution >= 4 is 28.2 Å². The van der Waals surface area contributed by atoms with Gasteiger partial charge in [-0.2, -0.15) is 0 Å². The molecule has 0 fully saturated rings. The number of para-hydroxylation sites is 1. The van der Waals surface area contributed by atoms with E-state index in [1.807, 2.05) is 42.5 Å². The van der Waals surface area contributed by atoms with E-state index in [-0.39, 0.29) is 12.5 Å². The van der Waals surface area contributed by atoms with Gasteiger partial charge in [0.2, 0.25) is 5.91 Å². The summed E-state index contributed by atoms with van der Waals surface area (Å²) in [7, 11) is 4.92. The summed E-state index contributed by atoms with van der Waals surface area (Å²) < 4.78 is 10.9. The molecule has 0 saturated heterocycles. The zero-order valence-electron chi connectivity index (χ0n) is 14.9.